The van der Waals surface area contributed by atoms with Crippen LogP contribution in [0.25, 0.3) is 0 Å². The first-order valence-electron chi connectivity index (χ1n) is 8.79. The molecule has 0 spiro atoms. The molecule has 0 aliphatic carbocycles. The van der Waals surface area contributed by atoms with E-state index < -0.39 is 12.4 Å². The summed E-state index contributed by atoms with van der Waals surface area (Å²) >= 11 is 0. The highest BCUT2D eigenvalue weighted by Gasteiger charge is 2.42. The Balaban J connectivity index is 1.61. The minimum Gasteiger partial charge on any atom is -0.370 e. The van der Waals surface area contributed by atoms with Crippen LogP contribution in [0, 0.1) is 5.92 Å². The highest BCUT2D eigenvalue weighted by atomic mass is 16.7. The van der Waals surface area contributed by atoms with E-state index in [9.17, 15) is 5.11 Å². The predicted octanol–water partition coefficient (Wildman–Crippen LogP) is 3.53. The molecule has 0 bridgehead atoms. The van der Waals surface area contributed by atoms with E-state index in [0.717, 1.165) is 11.1 Å². The molecule has 3 rings (SSSR count). The Kier molecular flexibility index (Phi) is 6.21. The second-order valence-electron chi connectivity index (χ2n) is 6.61. The highest BCUT2D eigenvalue weighted by molar-refractivity contribution is 5.14. The molecule has 1 N–H and O–H groups in total. The number of rotatable bonds is 6. The SMILES string of the molecule is C[C@@H]1[C@@H](OCc2ccccc2)[C@H](O)O[C@H](C)[C@H]1OCc1ccccc1. The Morgan fingerprint density at radius 3 is 1.80 bits per heavy atom. The molecule has 0 aromatic heterocycles. The Morgan fingerprint density at radius 2 is 1.28 bits per heavy atom. The minimum atomic E-state index is -0.940. The van der Waals surface area contributed by atoms with Gasteiger partial charge >= 0.3 is 0 Å². The number of hydrogen-bond acceptors (Lipinski definition) is 4. The van der Waals surface area contributed by atoms with Crippen molar-refractivity contribution >= 4 is 0 Å². The third-order valence-electron chi connectivity index (χ3n) is 4.70. The van der Waals surface area contributed by atoms with Gasteiger partial charge in [-0.15, -0.1) is 0 Å². The van der Waals surface area contributed by atoms with Crippen LogP contribution in [0.15, 0.2) is 60.7 Å². The third-order valence-corrected chi connectivity index (χ3v) is 4.70. The summed E-state index contributed by atoms with van der Waals surface area (Å²) in [6, 6.07) is 20.0. The molecule has 134 valence electrons. The number of aliphatic hydroxyl groups is 1. The van der Waals surface area contributed by atoms with Crippen molar-refractivity contribution in [2.24, 2.45) is 5.92 Å². The fraction of sp³-hybridized carbons (Fsp3) is 0.429. The standard InChI is InChI=1S/C21H26O4/c1-15-19(23-13-17-9-5-3-6-10-17)16(2)25-21(22)20(15)24-14-18-11-7-4-8-12-18/h3-12,15-16,19-22H,13-14H2,1-2H3/t15-,16+,19-,20+,21+/m0/s1. The van der Waals surface area contributed by atoms with Crippen LogP contribution in [0.4, 0.5) is 0 Å². The molecule has 1 saturated heterocycles. The van der Waals surface area contributed by atoms with Crippen LogP contribution in [-0.4, -0.2) is 29.7 Å². The number of ether oxygens (including phenoxy) is 3. The monoisotopic (exact) mass is 342 g/mol. The zero-order valence-corrected chi connectivity index (χ0v) is 14.7. The van der Waals surface area contributed by atoms with Crippen LogP contribution in [-0.2, 0) is 27.4 Å². The van der Waals surface area contributed by atoms with Gasteiger partial charge in [-0.25, -0.2) is 0 Å². The molecule has 2 aromatic rings. The summed E-state index contributed by atoms with van der Waals surface area (Å²) < 4.78 is 17.7. The Hall–Kier alpha value is -1.72. The maximum atomic E-state index is 10.3. The molecule has 1 aliphatic heterocycles. The third kappa shape index (κ3) is 4.67. The van der Waals surface area contributed by atoms with Gasteiger partial charge in [0.1, 0.15) is 6.10 Å². The summed E-state index contributed by atoms with van der Waals surface area (Å²) in [6.45, 7) is 4.94. The number of aliphatic hydroxyl groups excluding tert-OH is 1. The van der Waals surface area contributed by atoms with E-state index in [1.165, 1.54) is 0 Å². The Labute approximate surface area is 149 Å². The van der Waals surface area contributed by atoms with Gasteiger partial charge in [0.2, 0.25) is 0 Å². The van der Waals surface area contributed by atoms with Crippen LogP contribution in [0.3, 0.4) is 0 Å². The van der Waals surface area contributed by atoms with Gasteiger partial charge in [-0.05, 0) is 18.1 Å². The van der Waals surface area contributed by atoms with Crippen molar-refractivity contribution in [1.29, 1.82) is 0 Å². The zero-order valence-electron chi connectivity index (χ0n) is 14.7. The fourth-order valence-electron chi connectivity index (χ4n) is 3.30. The van der Waals surface area contributed by atoms with Crippen LogP contribution < -0.4 is 0 Å². The van der Waals surface area contributed by atoms with Gasteiger partial charge in [0, 0.05) is 5.92 Å². The van der Waals surface area contributed by atoms with Crippen LogP contribution in [0.1, 0.15) is 25.0 Å². The second-order valence-corrected chi connectivity index (χ2v) is 6.61. The molecular weight excluding hydrogens is 316 g/mol. The second kappa shape index (κ2) is 8.59. The summed E-state index contributed by atoms with van der Waals surface area (Å²) in [5.74, 6) is 0.0196. The van der Waals surface area contributed by atoms with E-state index in [1.807, 2.05) is 74.5 Å². The van der Waals surface area contributed by atoms with Gasteiger partial charge in [0.15, 0.2) is 6.29 Å². The topological polar surface area (TPSA) is 47.9 Å². The normalized spacial score (nSPS) is 29.5. The van der Waals surface area contributed by atoms with Crippen LogP contribution in [0.2, 0.25) is 0 Å². The molecule has 0 unspecified atom stereocenters. The van der Waals surface area contributed by atoms with Crippen LogP contribution >= 0.6 is 0 Å². The van der Waals surface area contributed by atoms with Crippen molar-refractivity contribution in [2.75, 3.05) is 0 Å². The van der Waals surface area contributed by atoms with E-state index >= 15 is 0 Å². The first-order valence-corrected chi connectivity index (χ1v) is 8.79. The van der Waals surface area contributed by atoms with Crippen molar-refractivity contribution in [1.82, 2.24) is 0 Å². The Bertz CT molecular complexity index is 575. The molecule has 0 saturated carbocycles. The van der Waals surface area contributed by atoms with Crippen molar-refractivity contribution in [3.8, 4) is 0 Å². The van der Waals surface area contributed by atoms with E-state index in [0.29, 0.717) is 13.2 Å². The predicted molar refractivity (Wildman–Crippen MR) is 95.8 cm³/mol. The molecule has 25 heavy (non-hydrogen) atoms. The fourth-order valence-corrected chi connectivity index (χ4v) is 3.30. The molecule has 1 aliphatic rings. The van der Waals surface area contributed by atoms with Crippen molar-refractivity contribution in [3.05, 3.63) is 71.8 Å². The molecule has 1 fully saturated rings. The van der Waals surface area contributed by atoms with Gasteiger partial charge in [0.25, 0.3) is 0 Å². The van der Waals surface area contributed by atoms with Crippen molar-refractivity contribution in [2.45, 2.75) is 51.7 Å². The molecule has 0 radical (unpaired) electrons. The minimum absolute atomic E-state index is 0.0196. The lowest BCUT2D eigenvalue weighted by molar-refractivity contribution is -0.283. The average Bonchev–Trinajstić information content (AvgIpc) is 2.63. The van der Waals surface area contributed by atoms with Crippen molar-refractivity contribution < 1.29 is 19.3 Å². The molecule has 5 atom stereocenters. The Morgan fingerprint density at radius 1 is 0.800 bits per heavy atom. The van der Waals surface area contributed by atoms with E-state index in [4.69, 9.17) is 14.2 Å². The molecule has 0 amide bonds. The smallest absolute Gasteiger partial charge is 0.181 e. The lowest BCUT2D eigenvalue weighted by Crippen LogP contribution is -2.54. The van der Waals surface area contributed by atoms with Gasteiger partial charge in [-0.1, -0.05) is 67.6 Å². The quantitative estimate of drug-likeness (QED) is 0.872. The lowest BCUT2D eigenvalue weighted by Gasteiger charge is -2.42. The lowest BCUT2D eigenvalue weighted by atomic mass is 9.91. The van der Waals surface area contributed by atoms with Gasteiger partial charge in [-0.3, -0.25) is 0 Å². The summed E-state index contributed by atoms with van der Waals surface area (Å²) in [7, 11) is 0. The van der Waals surface area contributed by atoms with E-state index in [2.05, 4.69) is 0 Å². The first kappa shape index (κ1) is 18.1. The van der Waals surface area contributed by atoms with Crippen molar-refractivity contribution in [3.63, 3.8) is 0 Å². The maximum absolute atomic E-state index is 10.3. The zero-order chi connectivity index (χ0) is 17.6. The van der Waals surface area contributed by atoms with Gasteiger partial charge < -0.3 is 19.3 Å². The summed E-state index contributed by atoms with van der Waals surface area (Å²) in [4.78, 5) is 0. The largest absolute Gasteiger partial charge is 0.370 e. The van der Waals surface area contributed by atoms with E-state index in [-0.39, 0.29) is 18.1 Å². The molecule has 4 heteroatoms. The first-order chi connectivity index (χ1) is 12.1. The van der Waals surface area contributed by atoms with Gasteiger partial charge in [0.05, 0.1) is 25.4 Å². The van der Waals surface area contributed by atoms with E-state index in [1.54, 1.807) is 0 Å². The molecular formula is C21H26O4. The summed E-state index contributed by atoms with van der Waals surface area (Å²) in [5.41, 5.74) is 2.19. The maximum Gasteiger partial charge on any atom is 0.181 e. The highest BCUT2D eigenvalue weighted by Crippen LogP contribution is 2.30. The number of hydrogen-bond donors (Lipinski definition) is 1. The van der Waals surface area contributed by atoms with Gasteiger partial charge in [-0.2, -0.15) is 0 Å². The van der Waals surface area contributed by atoms with Crippen LogP contribution in [0.5, 0.6) is 0 Å². The molecule has 1 heterocycles. The number of benzene rings is 2. The molecule has 2 aromatic carbocycles. The molecule has 4 nitrogen and oxygen atoms in total. The summed E-state index contributed by atoms with van der Waals surface area (Å²) in [5, 5.41) is 10.3. The average molecular weight is 342 g/mol. The summed E-state index contributed by atoms with van der Waals surface area (Å²) in [6.07, 6.45) is -1.68.